The Hall–Kier alpha value is -3.67. The lowest BCUT2D eigenvalue weighted by molar-refractivity contribution is -0.352. The first-order valence-electron chi connectivity index (χ1n) is 12.9. The van der Waals surface area contributed by atoms with Gasteiger partial charge in [0.2, 0.25) is 12.0 Å². The van der Waals surface area contributed by atoms with E-state index in [9.17, 15) is 50.8 Å². The van der Waals surface area contributed by atoms with E-state index in [4.69, 9.17) is 23.4 Å². The van der Waals surface area contributed by atoms with Gasteiger partial charge in [0, 0.05) is 17.7 Å². The second-order valence-electron chi connectivity index (χ2n) is 10.2. The Morgan fingerprint density at radius 2 is 1.33 bits per heavy atom. The quantitative estimate of drug-likeness (QED) is 0.166. The van der Waals surface area contributed by atoms with Crippen molar-refractivity contribution in [3.63, 3.8) is 0 Å². The summed E-state index contributed by atoms with van der Waals surface area (Å²) in [5.41, 5.74) is -1.11. The van der Waals surface area contributed by atoms with Gasteiger partial charge in [-0.05, 0) is 32.0 Å². The monoisotopic (exact) mass is 594 g/mol. The SMILES string of the molecule is C[C@@H]1O[C@@H](O[C@H]2[C@H](Oc3c(O)cc(O)c4c(=O)cc(-c5ccc(O)c(O)c5)oc34)O[C@H](C)[C@@H](O)[C@@H]2O)[C@H](O)[C@H](O)[C@H]1O. The van der Waals surface area contributed by atoms with Crippen LogP contribution in [0.25, 0.3) is 22.3 Å². The van der Waals surface area contributed by atoms with E-state index in [1.165, 1.54) is 19.9 Å². The first-order valence-corrected chi connectivity index (χ1v) is 12.9. The average Bonchev–Trinajstić information content (AvgIpc) is 2.94. The van der Waals surface area contributed by atoms with Gasteiger partial charge < -0.3 is 69.3 Å². The van der Waals surface area contributed by atoms with Crippen LogP contribution < -0.4 is 10.2 Å². The van der Waals surface area contributed by atoms with Gasteiger partial charge in [0.05, 0.1) is 12.2 Å². The Morgan fingerprint density at radius 3 is 2.00 bits per heavy atom. The molecule has 3 aromatic rings. The summed E-state index contributed by atoms with van der Waals surface area (Å²) in [6.07, 6.45) is -15.2. The number of hydrogen-bond donors (Lipinski definition) is 9. The molecule has 0 radical (unpaired) electrons. The Labute approximate surface area is 236 Å². The third-order valence-electron chi connectivity index (χ3n) is 7.29. The van der Waals surface area contributed by atoms with E-state index < -0.39 is 107 Å². The van der Waals surface area contributed by atoms with E-state index in [-0.39, 0.29) is 11.3 Å². The summed E-state index contributed by atoms with van der Waals surface area (Å²) in [6, 6.07) is 5.40. The predicted molar refractivity (Wildman–Crippen MR) is 139 cm³/mol. The number of hydrogen-bond acceptors (Lipinski definition) is 15. The summed E-state index contributed by atoms with van der Waals surface area (Å²) in [6.45, 7) is 2.81. The molecule has 0 aliphatic carbocycles. The second kappa shape index (κ2) is 11.2. The first kappa shape index (κ1) is 29.8. The van der Waals surface area contributed by atoms with Crippen LogP contribution in [-0.4, -0.2) is 107 Å². The van der Waals surface area contributed by atoms with E-state index in [1.807, 2.05) is 0 Å². The molecule has 0 spiro atoms. The molecular weight excluding hydrogens is 564 g/mol. The van der Waals surface area contributed by atoms with Crippen molar-refractivity contribution in [1.82, 2.24) is 0 Å². The molecule has 15 nitrogen and oxygen atoms in total. The lowest BCUT2D eigenvalue weighted by atomic mass is 9.98. The molecule has 9 N–H and O–H groups in total. The zero-order chi connectivity index (χ0) is 30.6. The van der Waals surface area contributed by atoms with Gasteiger partial charge in [0.25, 0.3) is 0 Å². The normalized spacial score (nSPS) is 33.5. The average molecular weight is 595 g/mol. The Morgan fingerprint density at radius 1 is 0.690 bits per heavy atom. The fraction of sp³-hybridized carbons (Fsp3) is 0.444. The van der Waals surface area contributed by atoms with Crippen LogP contribution in [0.15, 0.2) is 39.5 Å². The molecule has 10 atom stereocenters. The molecular formula is C27H30O15. The van der Waals surface area contributed by atoms with Gasteiger partial charge >= 0.3 is 0 Å². The third kappa shape index (κ3) is 5.21. The molecule has 2 fully saturated rings. The summed E-state index contributed by atoms with van der Waals surface area (Å²) in [4.78, 5) is 13.0. The molecule has 1 aromatic heterocycles. The number of fused-ring (bicyclic) bond motifs is 1. The summed E-state index contributed by atoms with van der Waals surface area (Å²) in [7, 11) is 0. The van der Waals surface area contributed by atoms with Crippen LogP contribution in [0.5, 0.6) is 28.7 Å². The molecule has 2 saturated heterocycles. The smallest absolute Gasteiger partial charge is 0.229 e. The molecule has 0 amide bonds. The fourth-order valence-corrected chi connectivity index (χ4v) is 4.85. The molecule has 5 rings (SSSR count). The minimum Gasteiger partial charge on any atom is -0.507 e. The molecule has 3 heterocycles. The van der Waals surface area contributed by atoms with Gasteiger partial charge in [-0.1, -0.05) is 0 Å². The number of ether oxygens (including phenoxy) is 4. The predicted octanol–water partition coefficient (Wildman–Crippen LogP) is -0.660. The number of aliphatic hydroxyl groups excluding tert-OH is 5. The van der Waals surface area contributed by atoms with Crippen LogP contribution >= 0.6 is 0 Å². The molecule has 0 unspecified atom stereocenters. The first-order chi connectivity index (χ1) is 19.8. The zero-order valence-electron chi connectivity index (χ0n) is 22.1. The maximum absolute atomic E-state index is 13.0. The van der Waals surface area contributed by atoms with Crippen LogP contribution in [0, 0.1) is 0 Å². The van der Waals surface area contributed by atoms with E-state index in [0.717, 1.165) is 24.3 Å². The standard InChI is InChI=1S/C27H30O15/c1-8-18(33)20(35)22(37)26(38-8)42-25-21(36)19(34)9(2)39-27(25)41-23-15(32)6-13(30)17-14(31)7-16(40-24(17)23)10-3-4-11(28)12(29)5-10/h3-9,18-22,25-30,32-37H,1-2H3/t8-,9+,18-,19+,20+,21-,22+,25+,26-,27-/m0/s1. The van der Waals surface area contributed by atoms with Crippen molar-refractivity contribution < 1.29 is 69.3 Å². The molecule has 0 bridgehead atoms. The van der Waals surface area contributed by atoms with Crippen LogP contribution in [0.3, 0.4) is 0 Å². The maximum atomic E-state index is 13.0. The van der Waals surface area contributed by atoms with Gasteiger partial charge in [-0.2, -0.15) is 0 Å². The van der Waals surface area contributed by atoms with Crippen molar-refractivity contribution in [3.05, 3.63) is 40.6 Å². The maximum Gasteiger partial charge on any atom is 0.229 e. The van der Waals surface area contributed by atoms with Gasteiger partial charge in [0.1, 0.15) is 47.4 Å². The van der Waals surface area contributed by atoms with Crippen molar-refractivity contribution >= 4 is 11.0 Å². The largest absolute Gasteiger partial charge is 0.507 e. The van der Waals surface area contributed by atoms with Crippen LogP contribution in [0.1, 0.15) is 13.8 Å². The minimum absolute atomic E-state index is 0.138. The van der Waals surface area contributed by atoms with E-state index >= 15 is 0 Å². The van der Waals surface area contributed by atoms with E-state index in [0.29, 0.717) is 0 Å². The summed E-state index contributed by atoms with van der Waals surface area (Å²) in [5, 5.41) is 92.2. The summed E-state index contributed by atoms with van der Waals surface area (Å²) < 4.78 is 28.5. The highest BCUT2D eigenvalue weighted by atomic mass is 16.8. The van der Waals surface area contributed by atoms with Crippen molar-refractivity contribution in [3.8, 4) is 40.1 Å². The molecule has 228 valence electrons. The van der Waals surface area contributed by atoms with E-state index in [1.54, 1.807) is 0 Å². The van der Waals surface area contributed by atoms with Gasteiger partial charge in [-0.15, -0.1) is 0 Å². The van der Waals surface area contributed by atoms with Crippen LogP contribution in [0.2, 0.25) is 0 Å². The van der Waals surface area contributed by atoms with Gasteiger partial charge in [0.15, 0.2) is 40.7 Å². The number of phenolic OH excluding ortho intramolecular Hbond substituents is 4. The molecule has 0 saturated carbocycles. The third-order valence-corrected chi connectivity index (χ3v) is 7.29. The Kier molecular flexibility index (Phi) is 7.95. The number of rotatable bonds is 5. The number of aliphatic hydroxyl groups is 5. The lowest BCUT2D eigenvalue weighted by Crippen LogP contribution is -2.63. The Bertz CT molecular complexity index is 1520. The molecule has 42 heavy (non-hydrogen) atoms. The topological polar surface area (TPSA) is 249 Å². The van der Waals surface area contributed by atoms with Gasteiger partial charge in [-0.3, -0.25) is 4.79 Å². The summed E-state index contributed by atoms with van der Waals surface area (Å²) >= 11 is 0. The number of phenols is 4. The number of aromatic hydroxyl groups is 4. The molecule has 2 aliphatic rings. The molecule has 2 aliphatic heterocycles. The highest BCUT2D eigenvalue weighted by Crippen LogP contribution is 2.43. The minimum atomic E-state index is -1.79. The summed E-state index contributed by atoms with van der Waals surface area (Å²) in [5.74, 6) is -3.04. The van der Waals surface area contributed by atoms with Crippen LogP contribution in [0.4, 0.5) is 0 Å². The zero-order valence-corrected chi connectivity index (χ0v) is 22.1. The highest BCUT2D eigenvalue weighted by molar-refractivity contribution is 5.91. The van der Waals surface area contributed by atoms with E-state index in [2.05, 4.69) is 0 Å². The lowest BCUT2D eigenvalue weighted by Gasteiger charge is -2.45. The second-order valence-corrected chi connectivity index (χ2v) is 10.2. The molecule has 2 aromatic carbocycles. The van der Waals surface area contributed by atoms with Gasteiger partial charge in [-0.25, -0.2) is 0 Å². The van der Waals surface area contributed by atoms with Crippen molar-refractivity contribution in [2.24, 2.45) is 0 Å². The highest BCUT2D eigenvalue weighted by Gasteiger charge is 2.50. The molecule has 15 heteroatoms. The van der Waals surface area contributed by atoms with Crippen molar-refractivity contribution in [2.75, 3.05) is 0 Å². The van der Waals surface area contributed by atoms with Crippen LogP contribution in [-0.2, 0) is 14.2 Å². The van der Waals surface area contributed by atoms with Crippen molar-refractivity contribution in [1.29, 1.82) is 0 Å². The van der Waals surface area contributed by atoms with Crippen molar-refractivity contribution in [2.45, 2.75) is 75.3 Å². The number of benzene rings is 2. The Balaban J connectivity index is 1.56. The fourth-order valence-electron chi connectivity index (χ4n) is 4.85.